The first-order chi connectivity index (χ1) is 14.5. The van der Waals surface area contributed by atoms with Gasteiger partial charge in [0.25, 0.3) is 5.91 Å². The van der Waals surface area contributed by atoms with Gasteiger partial charge >= 0.3 is 0 Å². The largest absolute Gasteiger partial charge is 0.493 e. The average molecular weight is 413 g/mol. The molecule has 4 N–H and O–H groups in total. The zero-order chi connectivity index (χ0) is 21.9. The van der Waals surface area contributed by atoms with Gasteiger partial charge in [-0.3, -0.25) is 4.79 Å². The van der Waals surface area contributed by atoms with Gasteiger partial charge in [0.2, 0.25) is 0 Å². The van der Waals surface area contributed by atoms with Crippen LogP contribution in [0.3, 0.4) is 0 Å². The molecule has 0 spiro atoms. The molecule has 0 heterocycles. The second kappa shape index (κ2) is 11.7. The Morgan fingerprint density at radius 3 is 2.50 bits per heavy atom. The molecule has 0 fully saturated rings. The maximum Gasteiger partial charge on any atom is 0.257 e. The van der Waals surface area contributed by atoms with Crippen molar-refractivity contribution in [1.82, 2.24) is 5.32 Å². The zero-order valence-corrected chi connectivity index (χ0v) is 18.2. The number of guanidine groups is 1. The Balaban J connectivity index is 1.96. The van der Waals surface area contributed by atoms with Crippen molar-refractivity contribution in [2.24, 2.45) is 10.7 Å². The molecule has 0 saturated heterocycles. The highest BCUT2D eigenvalue weighted by molar-refractivity contribution is 5.92. The maximum absolute atomic E-state index is 11.6. The standard InChI is InChI=1S/C23H32N4O3/c1-5-16(3)18-8-10-19(11-9-18)27-23(24)26-14-17-7-12-20(21(13-17)29-4)30-15-22(28)25-6-2/h7-13,16H,5-6,14-15H2,1-4H3,(H,25,28)(H3,24,26,27). The van der Waals surface area contributed by atoms with E-state index in [9.17, 15) is 4.79 Å². The molecule has 0 aliphatic heterocycles. The van der Waals surface area contributed by atoms with E-state index in [0.29, 0.717) is 36.5 Å². The second-order valence-electron chi connectivity index (χ2n) is 6.99. The van der Waals surface area contributed by atoms with Gasteiger partial charge in [-0.05, 0) is 54.7 Å². The molecule has 2 rings (SSSR count). The van der Waals surface area contributed by atoms with Crippen LogP contribution >= 0.6 is 0 Å². The number of hydrogen-bond donors (Lipinski definition) is 3. The number of hydrogen-bond acceptors (Lipinski definition) is 4. The van der Waals surface area contributed by atoms with Crippen LogP contribution in [0, 0.1) is 0 Å². The molecule has 1 atom stereocenters. The Kier molecular flexibility index (Phi) is 9.00. The number of likely N-dealkylation sites (N-methyl/N-ethyl adjacent to an activating group) is 1. The summed E-state index contributed by atoms with van der Waals surface area (Å²) in [5.41, 5.74) is 9.14. The van der Waals surface area contributed by atoms with Crippen molar-refractivity contribution in [1.29, 1.82) is 0 Å². The lowest BCUT2D eigenvalue weighted by molar-refractivity contribution is -0.123. The van der Waals surface area contributed by atoms with Crippen LogP contribution in [0.5, 0.6) is 11.5 Å². The van der Waals surface area contributed by atoms with Gasteiger partial charge in [-0.2, -0.15) is 0 Å². The maximum atomic E-state index is 11.6. The SMILES string of the molecule is CCNC(=O)COc1ccc(CN=C(N)Nc2ccc(C(C)CC)cc2)cc1OC. The Bertz CT molecular complexity index is 850. The first kappa shape index (κ1) is 23.1. The summed E-state index contributed by atoms with van der Waals surface area (Å²) in [5, 5.41) is 5.79. The van der Waals surface area contributed by atoms with Crippen molar-refractivity contribution in [2.75, 3.05) is 25.6 Å². The Hall–Kier alpha value is -3.22. The van der Waals surface area contributed by atoms with Gasteiger partial charge in [0.15, 0.2) is 24.1 Å². The molecule has 2 aromatic rings. The van der Waals surface area contributed by atoms with Crippen molar-refractivity contribution in [3.8, 4) is 11.5 Å². The first-order valence-corrected chi connectivity index (χ1v) is 10.2. The Morgan fingerprint density at radius 2 is 1.87 bits per heavy atom. The number of carbonyl (C=O) groups excluding carboxylic acids is 1. The fraction of sp³-hybridized carbons (Fsp3) is 0.391. The van der Waals surface area contributed by atoms with E-state index in [2.05, 4.69) is 41.6 Å². The number of nitrogens with one attached hydrogen (secondary N) is 2. The summed E-state index contributed by atoms with van der Waals surface area (Å²) in [6.45, 7) is 7.14. The van der Waals surface area contributed by atoms with Gasteiger partial charge in [-0.15, -0.1) is 0 Å². The number of aliphatic imine (C=N–C) groups is 1. The van der Waals surface area contributed by atoms with Crippen LogP contribution < -0.4 is 25.8 Å². The molecule has 2 aromatic carbocycles. The summed E-state index contributed by atoms with van der Waals surface area (Å²) in [5.74, 6) is 1.74. The molecule has 0 saturated carbocycles. The van der Waals surface area contributed by atoms with Crippen LogP contribution in [0.2, 0.25) is 0 Å². The third-order valence-electron chi connectivity index (χ3n) is 4.76. The molecule has 0 aliphatic rings. The van der Waals surface area contributed by atoms with Crippen molar-refractivity contribution in [3.63, 3.8) is 0 Å². The summed E-state index contributed by atoms with van der Waals surface area (Å²) in [7, 11) is 1.56. The van der Waals surface area contributed by atoms with E-state index < -0.39 is 0 Å². The van der Waals surface area contributed by atoms with Crippen molar-refractivity contribution < 1.29 is 14.3 Å². The van der Waals surface area contributed by atoms with E-state index in [-0.39, 0.29) is 12.5 Å². The normalized spacial score (nSPS) is 12.2. The number of anilines is 1. The van der Waals surface area contributed by atoms with E-state index in [0.717, 1.165) is 17.7 Å². The molecule has 1 amide bonds. The lowest BCUT2D eigenvalue weighted by Crippen LogP contribution is -2.28. The number of ether oxygens (including phenoxy) is 2. The quantitative estimate of drug-likeness (QED) is 0.409. The van der Waals surface area contributed by atoms with Crippen LogP contribution in [0.4, 0.5) is 5.69 Å². The highest BCUT2D eigenvalue weighted by Gasteiger charge is 2.08. The van der Waals surface area contributed by atoms with Gasteiger partial charge in [-0.25, -0.2) is 4.99 Å². The molecule has 0 bridgehead atoms. The zero-order valence-electron chi connectivity index (χ0n) is 18.2. The van der Waals surface area contributed by atoms with Crippen LogP contribution in [0.25, 0.3) is 0 Å². The number of benzene rings is 2. The molecule has 7 nitrogen and oxygen atoms in total. The van der Waals surface area contributed by atoms with Gasteiger partial charge < -0.3 is 25.8 Å². The predicted molar refractivity (Wildman–Crippen MR) is 121 cm³/mol. The van der Waals surface area contributed by atoms with E-state index in [1.807, 2.05) is 31.2 Å². The Labute approximate surface area is 178 Å². The average Bonchev–Trinajstić information content (AvgIpc) is 2.76. The fourth-order valence-corrected chi connectivity index (χ4v) is 2.82. The summed E-state index contributed by atoms with van der Waals surface area (Å²) in [6, 6.07) is 13.7. The molecule has 30 heavy (non-hydrogen) atoms. The van der Waals surface area contributed by atoms with Crippen LogP contribution in [0.15, 0.2) is 47.5 Å². The molecule has 0 aromatic heterocycles. The highest BCUT2D eigenvalue weighted by Crippen LogP contribution is 2.28. The van der Waals surface area contributed by atoms with E-state index in [4.69, 9.17) is 15.2 Å². The van der Waals surface area contributed by atoms with Gasteiger partial charge in [0.05, 0.1) is 13.7 Å². The topological polar surface area (TPSA) is 98.0 Å². The second-order valence-corrected chi connectivity index (χ2v) is 6.99. The summed E-state index contributed by atoms with van der Waals surface area (Å²) < 4.78 is 10.9. The third kappa shape index (κ3) is 6.99. The molecule has 0 aliphatic carbocycles. The predicted octanol–water partition coefficient (Wildman–Crippen LogP) is 3.65. The number of amides is 1. The van der Waals surface area contributed by atoms with E-state index in [1.165, 1.54) is 5.56 Å². The number of rotatable bonds is 10. The van der Waals surface area contributed by atoms with Gasteiger partial charge in [-0.1, -0.05) is 32.0 Å². The molecule has 7 heteroatoms. The summed E-state index contributed by atoms with van der Waals surface area (Å²) in [6.07, 6.45) is 1.11. The molecular formula is C23H32N4O3. The number of carbonyl (C=O) groups is 1. The summed E-state index contributed by atoms with van der Waals surface area (Å²) >= 11 is 0. The van der Waals surface area contributed by atoms with Crippen LogP contribution in [0.1, 0.15) is 44.2 Å². The number of methoxy groups -OCH3 is 1. The van der Waals surface area contributed by atoms with Crippen molar-refractivity contribution in [3.05, 3.63) is 53.6 Å². The van der Waals surface area contributed by atoms with E-state index >= 15 is 0 Å². The number of nitrogens with zero attached hydrogens (tertiary/aromatic N) is 1. The smallest absolute Gasteiger partial charge is 0.257 e. The Morgan fingerprint density at radius 1 is 1.13 bits per heavy atom. The monoisotopic (exact) mass is 412 g/mol. The lowest BCUT2D eigenvalue weighted by atomic mass is 9.99. The number of nitrogens with two attached hydrogens (primary N) is 1. The lowest BCUT2D eigenvalue weighted by Gasteiger charge is -2.12. The van der Waals surface area contributed by atoms with Crippen molar-refractivity contribution >= 4 is 17.6 Å². The summed E-state index contributed by atoms with van der Waals surface area (Å²) in [4.78, 5) is 16.0. The van der Waals surface area contributed by atoms with Crippen LogP contribution in [-0.4, -0.2) is 32.1 Å². The fourth-order valence-electron chi connectivity index (χ4n) is 2.82. The molecule has 162 valence electrons. The van der Waals surface area contributed by atoms with Gasteiger partial charge in [0.1, 0.15) is 0 Å². The molecular weight excluding hydrogens is 380 g/mol. The van der Waals surface area contributed by atoms with Crippen molar-refractivity contribution in [2.45, 2.75) is 39.7 Å². The first-order valence-electron chi connectivity index (χ1n) is 10.2. The van der Waals surface area contributed by atoms with Crippen LogP contribution in [-0.2, 0) is 11.3 Å². The minimum Gasteiger partial charge on any atom is -0.493 e. The minimum absolute atomic E-state index is 0.0611. The van der Waals surface area contributed by atoms with E-state index in [1.54, 1.807) is 13.2 Å². The highest BCUT2D eigenvalue weighted by atomic mass is 16.5. The molecule has 0 radical (unpaired) electrons. The minimum atomic E-state index is -0.177. The van der Waals surface area contributed by atoms with Gasteiger partial charge in [0, 0.05) is 12.2 Å². The third-order valence-corrected chi connectivity index (χ3v) is 4.76. The molecule has 1 unspecified atom stereocenters.